The minimum absolute atomic E-state index is 0.0245. The van der Waals surface area contributed by atoms with Crippen LogP contribution >= 0.6 is 11.3 Å². The van der Waals surface area contributed by atoms with Gasteiger partial charge in [0, 0.05) is 32.1 Å². The molecule has 1 aliphatic heterocycles. The number of urea groups is 1. The van der Waals surface area contributed by atoms with Crippen molar-refractivity contribution in [3.05, 3.63) is 51.7 Å². The van der Waals surface area contributed by atoms with E-state index in [1.54, 1.807) is 37.4 Å². The summed E-state index contributed by atoms with van der Waals surface area (Å²) < 4.78 is 5.30. The lowest BCUT2D eigenvalue weighted by Gasteiger charge is -2.38. The van der Waals surface area contributed by atoms with E-state index in [9.17, 15) is 9.59 Å². The Balaban J connectivity index is 1.89. The number of thiophene rings is 1. The fourth-order valence-electron chi connectivity index (χ4n) is 3.92. The van der Waals surface area contributed by atoms with Crippen LogP contribution in [0.25, 0.3) is 0 Å². The molecule has 0 unspecified atom stereocenters. The second-order valence-corrected chi connectivity index (χ2v) is 9.26. The van der Waals surface area contributed by atoms with Crippen molar-refractivity contribution in [3.63, 3.8) is 0 Å². The van der Waals surface area contributed by atoms with Crippen molar-refractivity contribution in [2.24, 2.45) is 5.92 Å². The van der Waals surface area contributed by atoms with E-state index < -0.39 is 0 Å². The second kappa shape index (κ2) is 9.51. The van der Waals surface area contributed by atoms with Crippen molar-refractivity contribution in [3.8, 4) is 5.75 Å². The SMILES string of the molecule is COc1ccc([C@@H]2c3ccsc3CCN2C(=O)CN(CC(C)C)C(=O)N(C)C)cc1. The quantitative estimate of drug-likeness (QED) is 0.700. The van der Waals surface area contributed by atoms with E-state index in [0.717, 1.165) is 17.7 Å². The first-order valence-electron chi connectivity index (χ1n) is 10.3. The number of carbonyl (C=O) groups is 2. The van der Waals surface area contributed by atoms with Gasteiger partial charge in [-0.15, -0.1) is 11.3 Å². The number of methoxy groups -OCH3 is 1. The number of fused-ring (bicyclic) bond motifs is 1. The average Bonchev–Trinajstić information content (AvgIpc) is 3.20. The summed E-state index contributed by atoms with van der Waals surface area (Å²) in [5.74, 6) is 1.05. The molecule has 0 aliphatic carbocycles. The molecule has 0 N–H and O–H groups in total. The van der Waals surface area contributed by atoms with Gasteiger partial charge in [-0.25, -0.2) is 4.79 Å². The molecular weight excluding hydrogens is 398 g/mol. The van der Waals surface area contributed by atoms with Crippen molar-refractivity contribution in [2.75, 3.05) is 40.8 Å². The maximum atomic E-state index is 13.4. The number of nitrogens with zero attached hydrogens (tertiary/aromatic N) is 3. The van der Waals surface area contributed by atoms with Crippen LogP contribution in [0.1, 0.15) is 35.9 Å². The Kier molecular flexibility index (Phi) is 7.02. The maximum absolute atomic E-state index is 13.4. The number of carbonyl (C=O) groups excluding carboxylic acids is 2. The number of amides is 3. The molecule has 0 spiro atoms. The second-order valence-electron chi connectivity index (χ2n) is 8.26. The van der Waals surface area contributed by atoms with Crippen LogP contribution in [0.4, 0.5) is 4.79 Å². The van der Waals surface area contributed by atoms with Crippen LogP contribution in [0.15, 0.2) is 35.7 Å². The van der Waals surface area contributed by atoms with Gasteiger partial charge in [-0.3, -0.25) is 4.79 Å². The van der Waals surface area contributed by atoms with Crippen LogP contribution in [0.5, 0.6) is 5.75 Å². The van der Waals surface area contributed by atoms with E-state index in [4.69, 9.17) is 4.74 Å². The number of ether oxygens (including phenoxy) is 1. The van der Waals surface area contributed by atoms with E-state index in [1.165, 1.54) is 15.3 Å². The molecule has 0 saturated carbocycles. The molecule has 1 aromatic heterocycles. The lowest BCUT2D eigenvalue weighted by Crippen LogP contribution is -2.49. The van der Waals surface area contributed by atoms with Gasteiger partial charge in [0.25, 0.3) is 0 Å². The standard InChI is InChI=1S/C23H31N3O3S/c1-16(2)14-25(23(28)24(3)4)15-21(27)26-12-10-20-19(11-13-30-20)22(26)17-6-8-18(29-5)9-7-17/h6-9,11,13,16,22H,10,12,14-15H2,1-5H3/t22-/m1/s1. The van der Waals surface area contributed by atoms with E-state index in [-0.39, 0.29) is 30.4 Å². The summed E-state index contributed by atoms with van der Waals surface area (Å²) in [4.78, 5) is 32.5. The molecule has 0 saturated heterocycles. The first-order chi connectivity index (χ1) is 14.3. The van der Waals surface area contributed by atoms with Gasteiger partial charge >= 0.3 is 6.03 Å². The maximum Gasteiger partial charge on any atom is 0.319 e. The molecule has 0 fully saturated rings. The highest BCUT2D eigenvalue weighted by molar-refractivity contribution is 7.10. The normalized spacial score (nSPS) is 15.7. The predicted octanol–water partition coefficient (Wildman–Crippen LogP) is 3.87. The number of rotatable bonds is 6. The van der Waals surface area contributed by atoms with Gasteiger partial charge in [-0.1, -0.05) is 26.0 Å². The van der Waals surface area contributed by atoms with Crippen LogP contribution in [-0.4, -0.2) is 67.5 Å². The van der Waals surface area contributed by atoms with Gasteiger partial charge in [-0.2, -0.15) is 0 Å². The van der Waals surface area contributed by atoms with Crippen molar-refractivity contribution in [2.45, 2.75) is 26.3 Å². The van der Waals surface area contributed by atoms with Gasteiger partial charge in [0.05, 0.1) is 13.2 Å². The van der Waals surface area contributed by atoms with Gasteiger partial charge in [0.1, 0.15) is 12.3 Å². The topological polar surface area (TPSA) is 53.1 Å². The Morgan fingerprint density at radius 2 is 1.90 bits per heavy atom. The Labute approximate surface area is 183 Å². The molecule has 1 aliphatic rings. The number of benzene rings is 1. The molecule has 162 valence electrons. The van der Waals surface area contributed by atoms with Crippen LogP contribution in [0.3, 0.4) is 0 Å². The molecule has 6 nitrogen and oxygen atoms in total. The third-order valence-corrected chi connectivity index (χ3v) is 6.28. The van der Waals surface area contributed by atoms with Crippen LogP contribution in [0, 0.1) is 5.92 Å². The highest BCUT2D eigenvalue weighted by Crippen LogP contribution is 2.38. The zero-order valence-corrected chi connectivity index (χ0v) is 19.2. The zero-order chi connectivity index (χ0) is 21.8. The van der Waals surface area contributed by atoms with Crippen molar-refractivity contribution in [1.29, 1.82) is 0 Å². The third-order valence-electron chi connectivity index (χ3n) is 5.28. The average molecular weight is 430 g/mol. The summed E-state index contributed by atoms with van der Waals surface area (Å²) in [6.45, 7) is 5.39. The Morgan fingerprint density at radius 1 is 1.20 bits per heavy atom. The van der Waals surface area contributed by atoms with Crippen molar-refractivity contribution in [1.82, 2.24) is 14.7 Å². The molecule has 1 aromatic carbocycles. The summed E-state index contributed by atoms with van der Waals surface area (Å²) >= 11 is 1.74. The van der Waals surface area contributed by atoms with Gasteiger partial charge in [0.2, 0.25) is 5.91 Å². The summed E-state index contributed by atoms with van der Waals surface area (Å²) in [5.41, 5.74) is 2.23. The molecular formula is C23H31N3O3S. The van der Waals surface area contributed by atoms with E-state index in [0.29, 0.717) is 13.1 Å². The predicted molar refractivity (Wildman–Crippen MR) is 120 cm³/mol. The highest BCUT2D eigenvalue weighted by atomic mass is 32.1. The van der Waals surface area contributed by atoms with E-state index in [2.05, 4.69) is 25.3 Å². The molecule has 1 atom stereocenters. The summed E-state index contributed by atoms with van der Waals surface area (Å²) in [5, 5.41) is 2.09. The molecule has 3 rings (SSSR count). The molecule has 3 amide bonds. The number of hydrogen-bond donors (Lipinski definition) is 0. The molecule has 2 heterocycles. The van der Waals surface area contributed by atoms with Crippen LogP contribution in [-0.2, 0) is 11.2 Å². The molecule has 7 heteroatoms. The van der Waals surface area contributed by atoms with Crippen molar-refractivity contribution < 1.29 is 14.3 Å². The van der Waals surface area contributed by atoms with E-state index in [1.807, 2.05) is 29.2 Å². The fourth-order valence-corrected chi connectivity index (χ4v) is 4.82. The first-order valence-corrected chi connectivity index (χ1v) is 11.2. The monoisotopic (exact) mass is 429 g/mol. The smallest absolute Gasteiger partial charge is 0.319 e. The molecule has 0 radical (unpaired) electrons. The summed E-state index contributed by atoms with van der Waals surface area (Å²) in [6.07, 6.45) is 0.844. The minimum Gasteiger partial charge on any atom is -0.497 e. The number of hydrogen-bond acceptors (Lipinski definition) is 4. The van der Waals surface area contributed by atoms with E-state index >= 15 is 0 Å². The highest BCUT2D eigenvalue weighted by Gasteiger charge is 2.34. The Hall–Kier alpha value is -2.54. The molecule has 2 aromatic rings. The Morgan fingerprint density at radius 3 is 2.50 bits per heavy atom. The largest absolute Gasteiger partial charge is 0.497 e. The van der Waals surface area contributed by atoms with Crippen molar-refractivity contribution >= 4 is 23.3 Å². The Bertz CT molecular complexity index is 876. The molecule has 30 heavy (non-hydrogen) atoms. The van der Waals surface area contributed by atoms with Crippen LogP contribution in [0.2, 0.25) is 0 Å². The third kappa shape index (κ3) is 4.78. The lowest BCUT2D eigenvalue weighted by molar-refractivity contribution is -0.134. The summed E-state index contributed by atoms with van der Waals surface area (Å²) in [6, 6.07) is 9.74. The minimum atomic E-state index is -0.145. The fraction of sp³-hybridized carbons (Fsp3) is 0.478. The zero-order valence-electron chi connectivity index (χ0n) is 18.4. The first kappa shape index (κ1) is 22.2. The van der Waals surface area contributed by atoms with Gasteiger partial charge < -0.3 is 19.4 Å². The molecule has 0 bridgehead atoms. The van der Waals surface area contributed by atoms with Crippen LogP contribution < -0.4 is 4.74 Å². The van der Waals surface area contributed by atoms with Gasteiger partial charge in [-0.05, 0) is 47.0 Å². The van der Waals surface area contributed by atoms with Gasteiger partial charge in [0.15, 0.2) is 0 Å². The summed E-state index contributed by atoms with van der Waals surface area (Å²) in [7, 11) is 5.09. The lowest BCUT2D eigenvalue weighted by atomic mass is 9.93.